The van der Waals surface area contributed by atoms with E-state index in [-0.39, 0.29) is 23.3 Å². The van der Waals surface area contributed by atoms with Crippen molar-refractivity contribution < 1.29 is 9.59 Å². The van der Waals surface area contributed by atoms with Crippen molar-refractivity contribution in [3.8, 4) is 0 Å². The third-order valence-corrected chi connectivity index (χ3v) is 5.00. The zero-order valence-electron chi connectivity index (χ0n) is 16.2. The van der Waals surface area contributed by atoms with Gasteiger partial charge in [0, 0.05) is 5.69 Å². The van der Waals surface area contributed by atoms with Crippen LogP contribution in [0.25, 0.3) is 0 Å². The number of amides is 2. The molecular weight excluding hydrogens is 382 g/mol. The molecule has 6 heteroatoms. The van der Waals surface area contributed by atoms with Crippen molar-refractivity contribution in [1.82, 2.24) is 5.43 Å². The number of thioether (sulfide) groups is 1. The topological polar surface area (TPSA) is 61.4 Å². The number of aryl methyl sites for hydroxylation is 1. The Morgan fingerprint density at radius 1 is 0.759 bits per heavy atom. The summed E-state index contributed by atoms with van der Waals surface area (Å²) in [6, 6.07) is 26.8. The highest BCUT2D eigenvalue weighted by Crippen LogP contribution is 2.22. The van der Waals surface area contributed by atoms with E-state index in [1.54, 1.807) is 5.01 Å². The van der Waals surface area contributed by atoms with E-state index in [2.05, 4.69) is 10.7 Å². The van der Waals surface area contributed by atoms with Gasteiger partial charge in [-0.15, -0.1) is 11.8 Å². The van der Waals surface area contributed by atoms with E-state index in [0.717, 1.165) is 22.6 Å². The number of carbonyl (C=O) groups is 2. The minimum atomic E-state index is -0.175. The van der Waals surface area contributed by atoms with Gasteiger partial charge in [-0.1, -0.05) is 54.1 Å². The highest BCUT2D eigenvalue weighted by atomic mass is 32.2. The highest BCUT2D eigenvalue weighted by Gasteiger charge is 2.13. The van der Waals surface area contributed by atoms with Crippen LogP contribution in [0, 0.1) is 6.92 Å². The lowest BCUT2D eigenvalue weighted by Crippen LogP contribution is -2.40. The first-order chi connectivity index (χ1) is 14.1. The third kappa shape index (κ3) is 6.40. The number of hydrogen-bond acceptors (Lipinski definition) is 4. The Morgan fingerprint density at radius 2 is 1.28 bits per heavy atom. The molecule has 148 valence electrons. The Morgan fingerprint density at radius 3 is 1.83 bits per heavy atom. The molecule has 0 heterocycles. The summed E-state index contributed by atoms with van der Waals surface area (Å²) >= 11 is 1.27. The number of nitrogens with zero attached hydrogens (tertiary/aromatic N) is 1. The van der Waals surface area contributed by atoms with E-state index in [9.17, 15) is 9.59 Å². The second-order valence-electron chi connectivity index (χ2n) is 6.45. The maximum atomic E-state index is 12.5. The molecule has 0 aliphatic carbocycles. The van der Waals surface area contributed by atoms with E-state index < -0.39 is 0 Å². The molecule has 3 rings (SSSR count). The van der Waals surface area contributed by atoms with Crippen LogP contribution in [-0.2, 0) is 9.59 Å². The SMILES string of the molecule is Cc1ccc(NC(=O)CSCC(=O)NN(c2ccccc2)c2ccccc2)cc1. The van der Waals surface area contributed by atoms with Gasteiger partial charge in [0.2, 0.25) is 11.8 Å². The first-order valence-electron chi connectivity index (χ1n) is 9.26. The van der Waals surface area contributed by atoms with E-state index in [1.165, 1.54) is 11.8 Å². The second kappa shape index (κ2) is 10.3. The molecule has 29 heavy (non-hydrogen) atoms. The van der Waals surface area contributed by atoms with Crippen LogP contribution in [0.15, 0.2) is 84.9 Å². The zero-order valence-corrected chi connectivity index (χ0v) is 17.0. The fraction of sp³-hybridized carbons (Fsp3) is 0.130. The lowest BCUT2D eigenvalue weighted by Gasteiger charge is -2.25. The lowest BCUT2D eigenvalue weighted by molar-refractivity contribution is -0.118. The van der Waals surface area contributed by atoms with Crippen LogP contribution in [0.3, 0.4) is 0 Å². The van der Waals surface area contributed by atoms with Crippen molar-refractivity contribution in [3.05, 3.63) is 90.5 Å². The summed E-state index contributed by atoms with van der Waals surface area (Å²) in [6.07, 6.45) is 0. The molecule has 0 aromatic heterocycles. The summed E-state index contributed by atoms with van der Waals surface area (Å²) in [5.74, 6) is 0.0793. The fourth-order valence-corrected chi connectivity index (χ4v) is 3.27. The van der Waals surface area contributed by atoms with Gasteiger partial charge in [0.05, 0.1) is 22.9 Å². The molecular formula is C23H23N3O2S. The van der Waals surface area contributed by atoms with Crippen molar-refractivity contribution in [1.29, 1.82) is 0 Å². The Kier molecular flexibility index (Phi) is 7.30. The Balaban J connectivity index is 1.52. The van der Waals surface area contributed by atoms with Gasteiger partial charge in [-0.3, -0.25) is 20.0 Å². The largest absolute Gasteiger partial charge is 0.325 e. The van der Waals surface area contributed by atoms with Gasteiger partial charge in [-0.25, -0.2) is 0 Å². The maximum Gasteiger partial charge on any atom is 0.248 e. The minimum absolute atomic E-state index is 0.130. The summed E-state index contributed by atoms with van der Waals surface area (Å²) < 4.78 is 0. The number of para-hydroxylation sites is 2. The van der Waals surface area contributed by atoms with Crippen LogP contribution < -0.4 is 15.8 Å². The van der Waals surface area contributed by atoms with Crippen LogP contribution in [-0.4, -0.2) is 23.3 Å². The minimum Gasteiger partial charge on any atom is -0.325 e. The number of anilines is 3. The summed E-state index contributed by atoms with van der Waals surface area (Å²) in [7, 11) is 0. The van der Waals surface area contributed by atoms with Gasteiger partial charge >= 0.3 is 0 Å². The van der Waals surface area contributed by atoms with Crippen molar-refractivity contribution in [2.24, 2.45) is 0 Å². The molecule has 0 atom stereocenters. The van der Waals surface area contributed by atoms with Crippen molar-refractivity contribution >= 4 is 40.6 Å². The number of nitrogens with one attached hydrogen (secondary N) is 2. The normalized spacial score (nSPS) is 10.2. The highest BCUT2D eigenvalue weighted by molar-refractivity contribution is 8.00. The van der Waals surface area contributed by atoms with Crippen LogP contribution in [0.1, 0.15) is 5.56 Å². The molecule has 0 unspecified atom stereocenters. The van der Waals surface area contributed by atoms with Gasteiger partial charge in [0.1, 0.15) is 0 Å². The van der Waals surface area contributed by atoms with Crippen molar-refractivity contribution in [2.45, 2.75) is 6.92 Å². The predicted molar refractivity (Wildman–Crippen MR) is 120 cm³/mol. The molecule has 0 radical (unpaired) electrons. The average Bonchev–Trinajstić information content (AvgIpc) is 2.75. The average molecular weight is 406 g/mol. The molecule has 0 spiro atoms. The van der Waals surface area contributed by atoms with Gasteiger partial charge in [0.25, 0.3) is 0 Å². The van der Waals surface area contributed by atoms with Crippen molar-refractivity contribution in [3.63, 3.8) is 0 Å². The molecule has 3 aromatic rings. The molecule has 5 nitrogen and oxygen atoms in total. The molecule has 0 saturated heterocycles. The van der Waals surface area contributed by atoms with Gasteiger partial charge in [-0.2, -0.15) is 0 Å². The van der Waals surface area contributed by atoms with E-state index in [1.807, 2.05) is 91.9 Å². The zero-order chi connectivity index (χ0) is 20.5. The molecule has 0 aliphatic rings. The number of hydrazine groups is 1. The third-order valence-electron chi connectivity index (χ3n) is 4.07. The number of hydrogen-bond donors (Lipinski definition) is 2. The number of rotatable bonds is 8. The lowest BCUT2D eigenvalue weighted by atomic mass is 10.2. The molecule has 2 amide bonds. The Bertz CT molecular complexity index is 892. The van der Waals surface area contributed by atoms with Crippen LogP contribution >= 0.6 is 11.8 Å². The number of benzene rings is 3. The van der Waals surface area contributed by atoms with Crippen LogP contribution in [0.5, 0.6) is 0 Å². The van der Waals surface area contributed by atoms with Gasteiger partial charge in [0.15, 0.2) is 0 Å². The van der Waals surface area contributed by atoms with Gasteiger partial charge in [-0.05, 0) is 43.3 Å². The second-order valence-corrected chi connectivity index (χ2v) is 7.43. The molecule has 3 aromatic carbocycles. The predicted octanol–water partition coefficient (Wildman–Crippen LogP) is 4.54. The maximum absolute atomic E-state index is 12.5. The quantitative estimate of drug-likeness (QED) is 0.540. The number of carbonyl (C=O) groups excluding carboxylic acids is 2. The molecule has 0 fully saturated rings. The van der Waals surface area contributed by atoms with E-state index in [0.29, 0.717) is 0 Å². The molecule has 2 N–H and O–H groups in total. The van der Waals surface area contributed by atoms with Crippen molar-refractivity contribution in [2.75, 3.05) is 21.8 Å². The standard InChI is InChI=1S/C23H23N3O2S/c1-18-12-14-19(15-13-18)24-22(27)16-29-17-23(28)25-26(20-8-4-2-5-9-20)21-10-6-3-7-11-21/h2-15H,16-17H2,1H3,(H,24,27)(H,25,28). The Labute approximate surface area is 175 Å². The van der Waals surface area contributed by atoms with E-state index in [4.69, 9.17) is 0 Å². The smallest absolute Gasteiger partial charge is 0.248 e. The molecule has 0 bridgehead atoms. The van der Waals surface area contributed by atoms with E-state index >= 15 is 0 Å². The summed E-state index contributed by atoms with van der Waals surface area (Å²) in [4.78, 5) is 24.5. The molecule has 0 aliphatic heterocycles. The first-order valence-corrected chi connectivity index (χ1v) is 10.4. The van der Waals surface area contributed by atoms with Crippen LogP contribution in [0.4, 0.5) is 17.1 Å². The first kappa shape index (κ1) is 20.5. The van der Waals surface area contributed by atoms with Gasteiger partial charge < -0.3 is 5.32 Å². The fourth-order valence-electron chi connectivity index (χ4n) is 2.66. The Hall–Kier alpha value is -3.25. The van der Waals surface area contributed by atoms with Crippen LogP contribution in [0.2, 0.25) is 0 Å². The summed E-state index contributed by atoms with van der Waals surface area (Å²) in [5.41, 5.74) is 6.52. The monoisotopic (exact) mass is 405 g/mol. The summed E-state index contributed by atoms with van der Waals surface area (Å²) in [6.45, 7) is 1.99. The summed E-state index contributed by atoms with van der Waals surface area (Å²) in [5, 5.41) is 4.58. The molecule has 0 saturated carbocycles.